The van der Waals surface area contributed by atoms with E-state index in [1.165, 1.54) is 4.90 Å². The monoisotopic (exact) mass is 347 g/mol. The molecule has 7 nitrogen and oxygen atoms in total. The fourth-order valence-corrected chi connectivity index (χ4v) is 3.48. The minimum atomic E-state index is -0.182. The summed E-state index contributed by atoms with van der Waals surface area (Å²) in [6, 6.07) is 3.92. The highest BCUT2D eigenvalue weighted by atomic mass is 16.3. The number of amides is 3. The molecule has 25 heavy (non-hydrogen) atoms. The third-order valence-corrected chi connectivity index (χ3v) is 4.88. The van der Waals surface area contributed by atoms with Crippen LogP contribution in [0.2, 0.25) is 0 Å². The number of nitrogens with zero attached hydrogens (tertiary/aromatic N) is 2. The maximum Gasteiger partial charge on any atom is 0.229 e. The zero-order valence-electron chi connectivity index (χ0n) is 14.6. The van der Waals surface area contributed by atoms with Gasteiger partial charge in [-0.15, -0.1) is 0 Å². The summed E-state index contributed by atoms with van der Waals surface area (Å²) >= 11 is 0. The molecular formula is C18H25N3O4. The van der Waals surface area contributed by atoms with Crippen molar-refractivity contribution in [1.82, 2.24) is 15.1 Å². The average Bonchev–Trinajstić information content (AvgIpc) is 3.31. The van der Waals surface area contributed by atoms with Crippen LogP contribution < -0.4 is 5.32 Å². The quantitative estimate of drug-likeness (QED) is 0.754. The number of imide groups is 1. The van der Waals surface area contributed by atoms with Gasteiger partial charge in [0.2, 0.25) is 17.7 Å². The van der Waals surface area contributed by atoms with Crippen molar-refractivity contribution in [3.05, 3.63) is 23.7 Å². The van der Waals surface area contributed by atoms with E-state index in [0.717, 1.165) is 37.5 Å². The summed E-state index contributed by atoms with van der Waals surface area (Å²) in [5, 5.41) is 2.93. The van der Waals surface area contributed by atoms with Gasteiger partial charge in [0.05, 0.1) is 6.04 Å². The molecule has 0 bridgehead atoms. The van der Waals surface area contributed by atoms with Gasteiger partial charge < -0.3 is 9.73 Å². The molecule has 0 radical (unpaired) electrons. The van der Waals surface area contributed by atoms with Gasteiger partial charge >= 0.3 is 0 Å². The van der Waals surface area contributed by atoms with Crippen LogP contribution in [-0.2, 0) is 14.4 Å². The summed E-state index contributed by atoms with van der Waals surface area (Å²) in [7, 11) is 0. The Bertz CT molecular complexity index is 633. The molecule has 0 aliphatic carbocycles. The fraction of sp³-hybridized carbons (Fsp3) is 0.611. The Balaban J connectivity index is 1.52. The molecule has 1 aromatic rings. The smallest absolute Gasteiger partial charge is 0.229 e. The molecule has 2 saturated heterocycles. The molecule has 0 saturated carbocycles. The number of nitrogens with one attached hydrogen (secondary N) is 1. The van der Waals surface area contributed by atoms with E-state index in [0.29, 0.717) is 6.54 Å². The third-order valence-electron chi connectivity index (χ3n) is 4.88. The second-order valence-electron chi connectivity index (χ2n) is 6.70. The minimum absolute atomic E-state index is 0.0233. The van der Waals surface area contributed by atoms with Gasteiger partial charge in [0.1, 0.15) is 11.5 Å². The Morgan fingerprint density at radius 3 is 2.48 bits per heavy atom. The van der Waals surface area contributed by atoms with Crippen molar-refractivity contribution in [2.45, 2.75) is 45.1 Å². The molecule has 1 atom stereocenters. The first kappa shape index (κ1) is 17.7. The lowest BCUT2D eigenvalue weighted by atomic mass is 10.2. The van der Waals surface area contributed by atoms with Gasteiger partial charge in [0.15, 0.2) is 0 Å². The molecule has 0 aromatic carbocycles. The molecule has 2 aliphatic heterocycles. The second-order valence-corrected chi connectivity index (χ2v) is 6.70. The molecule has 3 amide bonds. The molecule has 1 aromatic heterocycles. The number of hydrogen-bond acceptors (Lipinski definition) is 5. The van der Waals surface area contributed by atoms with Crippen molar-refractivity contribution >= 4 is 17.7 Å². The first-order valence-electron chi connectivity index (χ1n) is 8.95. The molecule has 7 heteroatoms. The molecule has 3 heterocycles. The van der Waals surface area contributed by atoms with E-state index in [4.69, 9.17) is 4.42 Å². The zero-order valence-corrected chi connectivity index (χ0v) is 14.6. The van der Waals surface area contributed by atoms with E-state index < -0.39 is 0 Å². The molecule has 136 valence electrons. The van der Waals surface area contributed by atoms with E-state index in [9.17, 15) is 14.4 Å². The Morgan fingerprint density at radius 2 is 1.88 bits per heavy atom. The molecule has 1 N–H and O–H groups in total. The molecule has 0 spiro atoms. The summed E-state index contributed by atoms with van der Waals surface area (Å²) in [4.78, 5) is 38.8. The van der Waals surface area contributed by atoms with Crippen LogP contribution in [0.15, 0.2) is 16.5 Å². The molecular weight excluding hydrogens is 322 g/mol. The molecule has 2 fully saturated rings. The van der Waals surface area contributed by atoms with Crippen molar-refractivity contribution in [2.24, 2.45) is 0 Å². The maximum atomic E-state index is 12.2. The number of carbonyl (C=O) groups is 3. The predicted molar refractivity (Wildman–Crippen MR) is 90.6 cm³/mol. The van der Waals surface area contributed by atoms with Crippen LogP contribution in [0.3, 0.4) is 0 Å². The average molecular weight is 347 g/mol. The summed E-state index contributed by atoms with van der Waals surface area (Å²) in [5.41, 5.74) is 0. The van der Waals surface area contributed by atoms with Crippen LogP contribution in [0.1, 0.15) is 49.7 Å². The van der Waals surface area contributed by atoms with E-state index in [2.05, 4.69) is 10.2 Å². The maximum absolute atomic E-state index is 12.2. The Labute approximate surface area is 147 Å². The lowest BCUT2D eigenvalue weighted by Crippen LogP contribution is -2.38. The van der Waals surface area contributed by atoms with Crippen LogP contribution in [0.4, 0.5) is 0 Å². The van der Waals surface area contributed by atoms with Crippen molar-refractivity contribution < 1.29 is 18.8 Å². The van der Waals surface area contributed by atoms with Gasteiger partial charge in [-0.3, -0.25) is 24.2 Å². The van der Waals surface area contributed by atoms with Gasteiger partial charge in [-0.2, -0.15) is 0 Å². The number of furan rings is 1. The summed E-state index contributed by atoms with van der Waals surface area (Å²) in [6.07, 6.45) is 2.97. The Morgan fingerprint density at radius 1 is 1.20 bits per heavy atom. The van der Waals surface area contributed by atoms with Gasteiger partial charge in [0, 0.05) is 32.4 Å². The van der Waals surface area contributed by atoms with E-state index >= 15 is 0 Å². The van der Waals surface area contributed by atoms with Crippen LogP contribution >= 0.6 is 0 Å². The van der Waals surface area contributed by atoms with Crippen molar-refractivity contribution in [3.63, 3.8) is 0 Å². The summed E-state index contributed by atoms with van der Waals surface area (Å²) in [6.45, 7) is 4.53. The van der Waals surface area contributed by atoms with Crippen LogP contribution in [0.5, 0.6) is 0 Å². The van der Waals surface area contributed by atoms with Crippen LogP contribution in [0.25, 0.3) is 0 Å². The standard InChI is InChI=1S/C18H25N3O4/c1-13-4-5-15(25-13)14(20-9-2-3-10-20)12-19-16(22)8-11-21-17(23)6-7-18(21)24/h4-5,14H,2-3,6-12H2,1H3,(H,19,22)/t14-/m1/s1. The van der Waals surface area contributed by atoms with Gasteiger partial charge in [-0.05, 0) is 45.0 Å². The van der Waals surface area contributed by atoms with E-state index in [-0.39, 0.29) is 49.6 Å². The van der Waals surface area contributed by atoms with Crippen molar-refractivity contribution in [2.75, 3.05) is 26.2 Å². The summed E-state index contributed by atoms with van der Waals surface area (Å²) in [5.74, 6) is 1.21. The van der Waals surface area contributed by atoms with Gasteiger partial charge in [0.25, 0.3) is 0 Å². The Hall–Kier alpha value is -2.15. The van der Waals surface area contributed by atoms with Crippen LogP contribution in [0, 0.1) is 6.92 Å². The highest BCUT2D eigenvalue weighted by molar-refractivity contribution is 6.02. The normalized spacial score (nSPS) is 19.6. The largest absolute Gasteiger partial charge is 0.465 e. The van der Waals surface area contributed by atoms with Crippen LogP contribution in [-0.4, -0.2) is 53.7 Å². The molecule has 0 unspecified atom stereocenters. The SMILES string of the molecule is Cc1ccc([C@@H](CNC(=O)CCN2C(=O)CCC2=O)N2CCCC2)o1. The number of carbonyl (C=O) groups excluding carboxylic acids is 3. The second kappa shape index (κ2) is 7.82. The van der Waals surface area contributed by atoms with Gasteiger partial charge in [-0.1, -0.05) is 0 Å². The fourth-order valence-electron chi connectivity index (χ4n) is 3.48. The number of rotatable bonds is 7. The Kier molecular flexibility index (Phi) is 5.53. The molecule has 2 aliphatic rings. The third kappa shape index (κ3) is 4.28. The minimum Gasteiger partial charge on any atom is -0.465 e. The number of aryl methyl sites for hydroxylation is 1. The topological polar surface area (TPSA) is 82.9 Å². The van der Waals surface area contributed by atoms with Crippen molar-refractivity contribution in [1.29, 1.82) is 0 Å². The van der Waals surface area contributed by atoms with E-state index in [1.54, 1.807) is 0 Å². The predicted octanol–water partition coefficient (Wildman–Crippen LogP) is 1.38. The lowest BCUT2D eigenvalue weighted by Gasteiger charge is -2.26. The zero-order chi connectivity index (χ0) is 17.8. The van der Waals surface area contributed by atoms with E-state index in [1.807, 2.05) is 19.1 Å². The first-order valence-corrected chi connectivity index (χ1v) is 8.95. The number of likely N-dealkylation sites (tertiary alicyclic amines) is 2. The van der Waals surface area contributed by atoms with Crippen molar-refractivity contribution in [3.8, 4) is 0 Å². The highest BCUT2D eigenvalue weighted by Gasteiger charge is 2.29. The summed E-state index contributed by atoms with van der Waals surface area (Å²) < 4.78 is 5.77. The highest BCUT2D eigenvalue weighted by Crippen LogP contribution is 2.26. The first-order chi connectivity index (χ1) is 12.0. The lowest BCUT2D eigenvalue weighted by molar-refractivity contribution is -0.138. The number of hydrogen-bond donors (Lipinski definition) is 1. The van der Waals surface area contributed by atoms with Gasteiger partial charge in [-0.25, -0.2) is 0 Å². The molecule has 3 rings (SSSR count).